The second kappa shape index (κ2) is 7.06. The molecule has 0 spiro atoms. The molecule has 0 atom stereocenters. The number of aromatic carboxylic acids is 1. The molecule has 0 amide bonds. The monoisotopic (exact) mass is 394 g/mol. The smallest absolute Gasteiger partial charge is 0.335 e. The van der Waals surface area contributed by atoms with Crippen molar-refractivity contribution in [1.29, 1.82) is 0 Å². The summed E-state index contributed by atoms with van der Waals surface area (Å²) in [4.78, 5) is 15.3. The first kappa shape index (κ1) is 18.4. The van der Waals surface area contributed by atoms with Gasteiger partial charge in [0, 0.05) is 18.0 Å². The molecule has 0 aliphatic heterocycles. The first-order valence-corrected chi connectivity index (χ1v) is 9.51. The highest BCUT2D eigenvalue weighted by molar-refractivity contribution is 7.89. The Morgan fingerprint density at radius 3 is 2.77 bits per heavy atom. The first-order chi connectivity index (χ1) is 12.3. The van der Waals surface area contributed by atoms with Crippen LogP contribution in [0.4, 0.5) is 0 Å². The fourth-order valence-corrected chi connectivity index (χ4v) is 3.65. The summed E-state index contributed by atoms with van der Waals surface area (Å²) in [5.74, 6) is -0.801. The van der Waals surface area contributed by atoms with E-state index in [0.717, 1.165) is 6.07 Å². The van der Waals surface area contributed by atoms with Crippen molar-refractivity contribution < 1.29 is 22.7 Å². The van der Waals surface area contributed by atoms with Crippen LogP contribution in [0.1, 0.15) is 21.8 Å². The quantitative estimate of drug-likeness (QED) is 0.665. The lowest BCUT2D eigenvalue weighted by molar-refractivity contribution is 0.0696. The van der Waals surface area contributed by atoms with E-state index in [0.29, 0.717) is 27.6 Å². The van der Waals surface area contributed by atoms with Gasteiger partial charge in [-0.3, -0.25) is 0 Å². The lowest BCUT2D eigenvalue weighted by Gasteiger charge is -2.08. The number of aromatic nitrogens is 1. The number of hydrogen-bond donors (Lipinski definition) is 2. The van der Waals surface area contributed by atoms with E-state index in [9.17, 15) is 13.2 Å². The summed E-state index contributed by atoms with van der Waals surface area (Å²) in [5.41, 5.74) is 1.60. The molecule has 26 heavy (non-hydrogen) atoms. The van der Waals surface area contributed by atoms with Gasteiger partial charge in [0.15, 0.2) is 11.5 Å². The second-order valence-electron chi connectivity index (χ2n) is 5.65. The van der Waals surface area contributed by atoms with Gasteiger partial charge in [0.05, 0.1) is 10.5 Å². The maximum atomic E-state index is 12.4. The molecular weight excluding hydrogens is 380 g/mol. The Morgan fingerprint density at radius 2 is 2.04 bits per heavy atom. The van der Waals surface area contributed by atoms with E-state index < -0.39 is 16.0 Å². The van der Waals surface area contributed by atoms with E-state index in [1.54, 1.807) is 25.1 Å². The van der Waals surface area contributed by atoms with Crippen LogP contribution in [0.5, 0.6) is 0 Å². The maximum Gasteiger partial charge on any atom is 0.335 e. The summed E-state index contributed by atoms with van der Waals surface area (Å²) in [6, 6.07) is 9.00. The highest BCUT2D eigenvalue weighted by atomic mass is 35.5. The van der Waals surface area contributed by atoms with E-state index in [4.69, 9.17) is 21.1 Å². The highest BCUT2D eigenvalue weighted by Crippen LogP contribution is 2.20. The SMILES string of the molecule is Cc1ccc(S(=O)(=O)NCCc2nc3cc(Cl)ccc3o2)cc1C(=O)O. The Balaban J connectivity index is 1.71. The lowest BCUT2D eigenvalue weighted by Crippen LogP contribution is -2.26. The van der Waals surface area contributed by atoms with Crippen molar-refractivity contribution in [1.82, 2.24) is 9.71 Å². The Kier molecular flexibility index (Phi) is 4.99. The lowest BCUT2D eigenvalue weighted by atomic mass is 10.1. The van der Waals surface area contributed by atoms with E-state index >= 15 is 0 Å². The van der Waals surface area contributed by atoms with Crippen LogP contribution < -0.4 is 4.72 Å². The zero-order valence-electron chi connectivity index (χ0n) is 13.7. The number of carbonyl (C=O) groups is 1. The van der Waals surface area contributed by atoms with Gasteiger partial charge in [-0.25, -0.2) is 22.9 Å². The zero-order chi connectivity index (χ0) is 18.9. The third-order valence-corrected chi connectivity index (χ3v) is 5.47. The minimum atomic E-state index is -3.84. The largest absolute Gasteiger partial charge is 0.478 e. The molecule has 0 bridgehead atoms. The predicted molar refractivity (Wildman–Crippen MR) is 96.0 cm³/mol. The molecule has 0 radical (unpaired) electrons. The molecule has 1 aromatic heterocycles. The number of halogens is 1. The van der Waals surface area contributed by atoms with Crippen molar-refractivity contribution in [3.05, 3.63) is 58.4 Å². The van der Waals surface area contributed by atoms with Gasteiger partial charge < -0.3 is 9.52 Å². The normalized spacial score (nSPS) is 11.8. The van der Waals surface area contributed by atoms with Gasteiger partial charge in [-0.15, -0.1) is 0 Å². The molecule has 0 aliphatic carbocycles. The summed E-state index contributed by atoms with van der Waals surface area (Å²) in [7, 11) is -3.84. The van der Waals surface area contributed by atoms with Crippen LogP contribution in [0, 0.1) is 6.92 Å². The molecule has 0 unspecified atom stereocenters. The topological polar surface area (TPSA) is 110 Å². The van der Waals surface area contributed by atoms with Gasteiger partial charge in [-0.2, -0.15) is 0 Å². The molecular formula is C17H15ClN2O5S. The minimum absolute atomic E-state index is 0.0521. The van der Waals surface area contributed by atoms with E-state index in [2.05, 4.69) is 9.71 Å². The Bertz CT molecular complexity index is 1090. The minimum Gasteiger partial charge on any atom is -0.478 e. The molecule has 0 saturated heterocycles. The molecule has 136 valence electrons. The van der Waals surface area contributed by atoms with Crippen molar-refractivity contribution in [3.63, 3.8) is 0 Å². The average molecular weight is 395 g/mol. The van der Waals surface area contributed by atoms with Crippen LogP contribution in [0.15, 0.2) is 45.7 Å². The molecule has 3 rings (SSSR count). The van der Waals surface area contributed by atoms with Crippen LogP contribution in [-0.2, 0) is 16.4 Å². The van der Waals surface area contributed by atoms with Crippen molar-refractivity contribution in [2.24, 2.45) is 0 Å². The Labute approximate surface area is 154 Å². The molecule has 7 nitrogen and oxygen atoms in total. The van der Waals surface area contributed by atoms with Gasteiger partial charge in [-0.1, -0.05) is 17.7 Å². The van der Waals surface area contributed by atoms with E-state index in [1.165, 1.54) is 12.1 Å². The number of fused-ring (bicyclic) bond motifs is 1. The first-order valence-electron chi connectivity index (χ1n) is 7.65. The summed E-state index contributed by atoms with van der Waals surface area (Å²) < 4.78 is 32.7. The number of hydrogen-bond acceptors (Lipinski definition) is 5. The number of nitrogens with zero attached hydrogens (tertiary/aromatic N) is 1. The molecule has 1 heterocycles. The van der Waals surface area contributed by atoms with Crippen molar-refractivity contribution >= 4 is 38.7 Å². The van der Waals surface area contributed by atoms with Crippen molar-refractivity contribution in [3.8, 4) is 0 Å². The molecule has 2 aromatic carbocycles. The standard InChI is InChI=1S/C17H15ClN2O5S/c1-10-2-4-12(9-13(10)17(21)22)26(23,24)19-7-6-16-20-14-8-11(18)3-5-15(14)25-16/h2-5,8-9,19H,6-7H2,1H3,(H,21,22). The van der Waals surface area contributed by atoms with Crippen LogP contribution in [-0.4, -0.2) is 31.0 Å². The summed E-state index contributed by atoms with van der Waals surface area (Å²) in [5, 5.41) is 9.66. The Morgan fingerprint density at radius 1 is 1.27 bits per heavy atom. The van der Waals surface area contributed by atoms with E-state index in [1.807, 2.05) is 0 Å². The third kappa shape index (κ3) is 3.87. The number of rotatable bonds is 6. The Hall–Kier alpha value is -2.42. The summed E-state index contributed by atoms with van der Waals surface area (Å²) in [6.45, 7) is 1.66. The van der Waals surface area contributed by atoms with Gasteiger partial charge in [0.1, 0.15) is 5.52 Å². The number of nitrogens with one attached hydrogen (secondary N) is 1. The number of sulfonamides is 1. The fraction of sp³-hybridized carbons (Fsp3) is 0.176. The average Bonchev–Trinajstić information content (AvgIpc) is 2.96. The molecule has 3 aromatic rings. The van der Waals surface area contributed by atoms with Gasteiger partial charge in [0.2, 0.25) is 10.0 Å². The van der Waals surface area contributed by atoms with E-state index in [-0.39, 0.29) is 23.4 Å². The molecule has 9 heteroatoms. The number of carboxylic acid groups (broad SMARTS) is 1. The summed E-state index contributed by atoms with van der Waals surface area (Å²) in [6.07, 6.45) is 0.239. The summed E-state index contributed by atoms with van der Waals surface area (Å²) >= 11 is 5.89. The molecule has 0 saturated carbocycles. The van der Waals surface area contributed by atoms with Crippen LogP contribution >= 0.6 is 11.6 Å². The van der Waals surface area contributed by atoms with Gasteiger partial charge in [0.25, 0.3) is 0 Å². The number of carboxylic acids is 1. The number of benzene rings is 2. The molecule has 0 fully saturated rings. The molecule has 0 aliphatic rings. The van der Waals surface area contributed by atoms with Gasteiger partial charge in [-0.05, 0) is 42.8 Å². The van der Waals surface area contributed by atoms with Crippen molar-refractivity contribution in [2.75, 3.05) is 6.54 Å². The zero-order valence-corrected chi connectivity index (χ0v) is 15.3. The van der Waals surface area contributed by atoms with Gasteiger partial charge >= 0.3 is 5.97 Å². The predicted octanol–water partition coefficient (Wildman–Crippen LogP) is 3.01. The molecule has 2 N–H and O–H groups in total. The number of oxazole rings is 1. The second-order valence-corrected chi connectivity index (χ2v) is 7.85. The number of aryl methyl sites for hydroxylation is 1. The highest BCUT2D eigenvalue weighted by Gasteiger charge is 2.18. The van der Waals surface area contributed by atoms with Crippen LogP contribution in [0.2, 0.25) is 5.02 Å². The fourth-order valence-electron chi connectivity index (χ4n) is 2.43. The maximum absolute atomic E-state index is 12.4. The van der Waals surface area contributed by atoms with Crippen molar-refractivity contribution in [2.45, 2.75) is 18.2 Å². The van der Waals surface area contributed by atoms with Crippen LogP contribution in [0.25, 0.3) is 11.1 Å². The third-order valence-electron chi connectivity index (χ3n) is 3.77. The van der Waals surface area contributed by atoms with Crippen LogP contribution in [0.3, 0.4) is 0 Å².